The first-order valence-corrected chi connectivity index (χ1v) is 11.2. The van der Waals surface area contributed by atoms with E-state index in [9.17, 15) is 9.59 Å². The fraction of sp³-hybridized carbons (Fsp3) is 0.440. The average Bonchev–Trinajstić information content (AvgIpc) is 2.79. The normalized spacial score (nSPS) is 14.7. The van der Waals surface area contributed by atoms with Crippen molar-refractivity contribution < 1.29 is 9.59 Å². The van der Waals surface area contributed by atoms with E-state index in [1.54, 1.807) is 19.0 Å². The summed E-state index contributed by atoms with van der Waals surface area (Å²) in [5.74, 6) is 0.215. The Labute approximate surface area is 191 Å². The summed E-state index contributed by atoms with van der Waals surface area (Å²) >= 11 is 0. The van der Waals surface area contributed by atoms with Gasteiger partial charge < -0.3 is 20.4 Å². The van der Waals surface area contributed by atoms with E-state index in [2.05, 4.69) is 39.6 Å². The Hall–Kier alpha value is -2.90. The summed E-state index contributed by atoms with van der Waals surface area (Å²) in [5, 5.41) is 6.41. The fourth-order valence-corrected chi connectivity index (χ4v) is 3.57. The molecule has 2 aromatic rings. The van der Waals surface area contributed by atoms with Crippen molar-refractivity contribution in [3.05, 3.63) is 59.7 Å². The Morgan fingerprint density at radius 1 is 0.875 bits per heavy atom. The molecule has 1 saturated heterocycles. The molecule has 0 bridgehead atoms. The van der Waals surface area contributed by atoms with Gasteiger partial charge in [0.15, 0.2) is 0 Å². The maximum absolute atomic E-state index is 12.2. The smallest absolute Gasteiger partial charge is 0.234 e. The van der Waals surface area contributed by atoms with Gasteiger partial charge in [-0.2, -0.15) is 0 Å². The van der Waals surface area contributed by atoms with Gasteiger partial charge in [0.1, 0.15) is 0 Å². The third-order valence-electron chi connectivity index (χ3n) is 5.78. The van der Waals surface area contributed by atoms with Crippen molar-refractivity contribution in [3.63, 3.8) is 0 Å². The number of aryl methyl sites for hydroxylation is 1. The number of carbonyl (C=O) groups excluding carboxylic acids is 2. The minimum atomic E-state index is 0.0733. The second-order valence-corrected chi connectivity index (χ2v) is 8.66. The van der Waals surface area contributed by atoms with E-state index < -0.39 is 0 Å². The van der Waals surface area contributed by atoms with Gasteiger partial charge in [-0.1, -0.05) is 24.3 Å². The molecular weight excluding hydrogens is 402 g/mol. The largest absolute Gasteiger partial charge is 0.356 e. The van der Waals surface area contributed by atoms with E-state index in [0.29, 0.717) is 19.5 Å². The highest BCUT2D eigenvalue weighted by Crippen LogP contribution is 2.18. The van der Waals surface area contributed by atoms with Crippen molar-refractivity contribution >= 4 is 23.2 Å². The van der Waals surface area contributed by atoms with Gasteiger partial charge in [-0.3, -0.25) is 14.5 Å². The standard InChI is InChI=1S/C25H35N5O2/c1-28(2)25(32)13-8-20-4-9-22(10-5-20)27-23-11-6-21(7-12-23)18-26-24(31)19-30-16-14-29(3)15-17-30/h4-7,9-12,27H,8,13-19H2,1-3H3,(H,26,31). The molecule has 0 atom stereocenters. The monoisotopic (exact) mass is 437 g/mol. The lowest BCUT2D eigenvalue weighted by molar-refractivity contribution is -0.128. The molecule has 0 unspecified atom stereocenters. The molecule has 0 radical (unpaired) electrons. The van der Waals surface area contributed by atoms with Crippen molar-refractivity contribution in [1.82, 2.24) is 20.0 Å². The molecule has 32 heavy (non-hydrogen) atoms. The quantitative estimate of drug-likeness (QED) is 0.630. The number of nitrogens with one attached hydrogen (secondary N) is 2. The number of piperazine rings is 1. The summed E-state index contributed by atoms with van der Waals surface area (Å²) in [6.07, 6.45) is 1.26. The number of hydrogen-bond acceptors (Lipinski definition) is 5. The van der Waals surface area contributed by atoms with Crippen LogP contribution in [-0.4, -0.2) is 80.4 Å². The molecule has 2 N–H and O–H groups in total. The second-order valence-electron chi connectivity index (χ2n) is 8.66. The summed E-state index contributed by atoms with van der Waals surface area (Å²) in [6.45, 7) is 4.92. The van der Waals surface area contributed by atoms with Crippen molar-refractivity contribution in [2.45, 2.75) is 19.4 Å². The molecule has 1 fully saturated rings. The van der Waals surface area contributed by atoms with Crippen LogP contribution in [0.2, 0.25) is 0 Å². The van der Waals surface area contributed by atoms with E-state index in [1.165, 1.54) is 0 Å². The topological polar surface area (TPSA) is 67.9 Å². The molecule has 3 rings (SSSR count). The zero-order valence-corrected chi connectivity index (χ0v) is 19.4. The molecule has 0 saturated carbocycles. The minimum absolute atomic E-state index is 0.0733. The van der Waals surface area contributed by atoms with Crippen LogP contribution in [0.15, 0.2) is 48.5 Å². The fourth-order valence-electron chi connectivity index (χ4n) is 3.57. The minimum Gasteiger partial charge on any atom is -0.356 e. The van der Waals surface area contributed by atoms with Crippen LogP contribution < -0.4 is 10.6 Å². The van der Waals surface area contributed by atoms with E-state index in [0.717, 1.165) is 55.1 Å². The molecule has 0 aromatic heterocycles. The molecule has 172 valence electrons. The van der Waals surface area contributed by atoms with Crippen molar-refractivity contribution in [2.75, 3.05) is 59.2 Å². The number of rotatable bonds is 9. The van der Waals surface area contributed by atoms with Gasteiger partial charge in [0.2, 0.25) is 11.8 Å². The third kappa shape index (κ3) is 7.66. The Morgan fingerprint density at radius 3 is 2.00 bits per heavy atom. The van der Waals surface area contributed by atoms with Gasteiger partial charge in [0, 0.05) is 64.6 Å². The Balaban J connectivity index is 1.41. The first-order valence-electron chi connectivity index (χ1n) is 11.2. The highest BCUT2D eigenvalue weighted by Gasteiger charge is 2.16. The van der Waals surface area contributed by atoms with Crippen LogP contribution in [0.3, 0.4) is 0 Å². The molecule has 1 aliphatic heterocycles. The number of anilines is 2. The maximum Gasteiger partial charge on any atom is 0.234 e. The number of nitrogens with zero attached hydrogens (tertiary/aromatic N) is 3. The van der Waals surface area contributed by atoms with Gasteiger partial charge in [-0.05, 0) is 48.9 Å². The Kier molecular flexibility index (Phi) is 8.64. The number of hydrogen-bond donors (Lipinski definition) is 2. The van der Waals surface area contributed by atoms with Gasteiger partial charge in [-0.25, -0.2) is 0 Å². The molecule has 2 aromatic carbocycles. The summed E-state index contributed by atoms with van der Waals surface area (Å²) in [5.41, 5.74) is 4.21. The van der Waals surface area contributed by atoms with Gasteiger partial charge >= 0.3 is 0 Å². The third-order valence-corrected chi connectivity index (χ3v) is 5.78. The molecule has 2 amide bonds. The average molecular weight is 438 g/mol. The SMILES string of the molecule is CN1CCN(CC(=O)NCc2ccc(Nc3ccc(CCC(=O)N(C)C)cc3)cc2)CC1. The van der Waals surface area contributed by atoms with Crippen LogP contribution in [0.1, 0.15) is 17.5 Å². The van der Waals surface area contributed by atoms with E-state index in [-0.39, 0.29) is 11.8 Å². The van der Waals surface area contributed by atoms with Crippen molar-refractivity contribution in [3.8, 4) is 0 Å². The molecule has 0 aliphatic carbocycles. The first kappa shape index (κ1) is 23.8. The van der Waals surface area contributed by atoms with Crippen LogP contribution in [0.4, 0.5) is 11.4 Å². The lowest BCUT2D eigenvalue weighted by Gasteiger charge is -2.31. The second kappa shape index (κ2) is 11.6. The predicted octanol–water partition coefficient (Wildman–Crippen LogP) is 2.31. The van der Waals surface area contributed by atoms with E-state index in [4.69, 9.17) is 0 Å². The summed E-state index contributed by atoms with van der Waals surface area (Å²) in [6, 6.07) is 16.3. The predicted molar refractivity (Wildman–Crippen MR) is 129 cm³/mol. The lowest BCUT2D eigenvalue weighted by Crippen LogP contribution is -2.48. The van der Waals surface area contributed by atoms with E-state index in [1.807, 2.05) is 36.4 Å². The zero-order chi connectivity index (χ0) is 22.9. The van der Waals surface area contributed by atoms with Crippen molar-refractivity contribution in [2.24, 2.45) is 0 Å². The summed E-state index contributed by atoms with van der Waals surface area (Å²) < 4.78 is 0. The molecule has 1 aliphatic rings. The van der Waals surface area contributed by atoms with E-state index >= 15 is 0 Å². The first-order chi connectivity index (χ1) is 15.4. The van der Waals surface area contributed by atoms with Crippen molar-refractivity contribution in [1.29, 1.82) is 0 Å². The Morgan fingerprint density at radius 2 is 1.44 bits per heavy atom. The lowest BCUT2D eigenvalue weighted by atomic mass is 10.1. The molecular formula is C25H35N5O2. The highest BCUT2D eigenvalue weighted by molar-refractivity contribution is 5.78. The summed E-state index contributed by atoms with van der Waals surface area (Å²) in [4.78, 5) is 30.1. The zero-order valence-electron chi connectivity index (χ0n) is 19.4. The molecule has 1 heterocycles. The summed E-state index contributed by atoms with van der Waals surface area (Å²) in [7, 11) is 5.67. The number of amides is 2. The van der Waals surface area contributed by atoms with Crippen LogP contribution in [-0.2, 0) is 22.6 Å². The molecule has 7 nitrogen and oxygen atoms in total. The van der Waals surface area contributed by atoms with Crippen LogP contribution in [0.25, 0.3) is 0 Å². The van der Waals surface area contributed by atoms with Gasteiger partial charge in [0.25, 0.3) is 0 Å². The maximum atomic E-state index is 12.2. The van der Waals surface area contributed by atoms with Gasteiger partial charge in [-0.15, -0.1) is 0 Å². The number of benzene rings is 2. The van der Waals surface area contributed by atoms with Crippen LogP contribution >= 0.6 is 0 Å². The number of likely N-dealkylation sites (N-methyl/N-ethyl adjacent to an activating group) is 1. The van der Waals surface area contributed by atoms with Gasteiger partial charge in [0.05, 0.1) is 6.54 Å². The highest BCUT2D eigenvalue weighted by atomic mass is 16.2. The Bertz CT molecular complexity index is 872. The number of carbonyl (C=O) groups is 2. The molecule has 7 heteroatoms. The van der Waals surface area contributed by atoms with Crippen LogP contribution in [0, 0.1) is 0 Å². The van der Waals surface area contributed by atoms with Crippen LogP contribution in [0.5, 0.6) is 0 Å². The molecule has 0 spiro atoms.